The van der Waals surface area contributed by atoms with Gasteiger partial charge in [-0.25, -0.2) is 4.99 Å². The Morgan fingerprint density at radius 2 is 1.52 bits per heavy atom. The summed E-state index contributed by atoms with van der Waals surface area (Å²) in [4.78, 5) is 36.0. The highest BCUT2D eigenvalue weighted by Gasteiger charge is 2.23. The molecule has 0 unspecified atom stereocenters. The molecular formula is C13H9N3O5. The number of aliphatic imine (C=N–C) groups is 1. The Kier molecular flexibility index (Phi) is 3.70. The molecule has 0 spiro atoms. The van der Waals surface area contributed by atoms with Crippen molar-refractivity contribution in [3.8, 4) is 0 Å². The lowest BCUT2D eigenvalue weighted by molar-refractivity contribution is -0.395. The third kappa shape index (κ3) is 2.89. The fraction of sp³-hybridized carbons (Fsp3) is 0.0769. The number of ketones is 1. The van der Waals surface area contributed by atoms with Gasteiger partial charge in [-0.15, -0.1) is 0 Å². The fourth-order valence-corrected chi connectivity index (χ4v) is 1.80. The van der Waals surface area contributed by atoms with Gasteiger partial charge in [-0.2, -0.15) is 0 Å². The molecule has 8 nitrogen and oxygen atoms in total. The molecule has 0 radical (unpaired) electrons. The average molecular weight is 287 g/mol. The van der Waals surface area contributed by atoms with Crippen molar-refractivity contribution >= 4 is 28.6 Å². The zero-order chi connectivity index (χ0) is 15.6. The Morgan fingerprint density at radius 3 is 2.00 bits per heavy atom. The second kappa shape index (κ2) is 5.45. The Balaban J connectivity index is 2.60. The quantitative estimate of drug-likeness (QED) is 0.481. The van der Waals surface area contributed by atoms with E-state index in [2.05, 4.69) is 4.99 Å². The Hall–Kier alpha value is -3.16. The standard InChI is InChI=1S/C13H9N3O5/c1-8-11(15(18)19)6-9(7-12(8)16(20)21)14-10-4-2-3-5-13(10)17/h2-7H,1H3. The first-order valence-electron chi connectivity index (χ1n) is 5.81. The van der Waals surface area contributed by atoms with Crippen molar-refractivity contribution in [2.75, 3.05) is 0 Å². The smallest absolute Gasteiger partial charge is 0.281 e. The van der Waals surface area contributed by atoms with Crippen molar-refractivity contribution in [3.05, 3.63) is 62.2 Å². The average Bonchev–Trinajstić information content (AvgIpc) is 2.42. The van der Waals surface area contributed by atoms with Gasteiger partial charge in [0.2, 0.25) is 5.78 Å². The summed E-state index contributed by atoms with van der Waals surface area (Å²) in [6, 6.07) is 2.21. The highest BCUT2D eigenvalue weighted by atomic mass is 16.6. The number of nitrogens with zero attached hydrogens (tertiary/aromatic N) is 3. The van der Waals surface area contributed by atoms with Crippen LogP contribution in [0.2, 0.25) is 0 Å². The van der Waals surface area contributed by atoms with E-state index in [0.29, 0.717) is 0 Å². The molecule has 0 fully saturated rings. The summed E-state index contributed by atoms with van der Waals surface area (Å²) >= 11 is 0. The summed E-state index contributed by atoms with van der Waals surface area (Å²) < 4.78 is 0. The van der Waals surface area contributed by atoms with E-state index in [1.54, 1.807) is 6.08 Å². The van der Waals surface area contributed by atoms with E-state index < -0.39 is 21.2 Å². The van der Waals surface area contributed by atoms with Gasteiger partial charge in [0.25, 0.3) is 11.4 Å². The monoisotopic (exact) mass is 287 g/mol. The lowest BCUT2D eigenvalue weighted by Gasteiger charge is -2.03. The van der Waals surface area contributed by atoms with Gasteiger partial charge in [-0.1, -0.05) is 12.2 Å². The molecule has 1 aliphatic carbocycles. The van der Waals surface area contributed by atoms with Crippen LogP contribution in [0.25, 0.3) is 0 Å². The van der Waals surface area contributed by atoms with E-state index in [4.69, 9.17) is 0 Å². The number of rotatable bonds is 3. The number of carbonyl (C=O) groups excluding carboxylic acids is 1. The van der Waals surface area contributed by atoms with Gasteiger partial charge in [-0.3, -0.25) is 25.0 Å². The summed E-state index contributed by atoms with van der Waals surface area (Å²) in [5.74, 6) is -0.372. The van der Waals surface area contributed by atoms with E-state index in [0.717, 1.165) is 12.1 Å². The van der Waals surface area contributed by atoms with Gasteiger partial charge in [-0.05, 0) is 19.1 Å². The van der Waals surface area contributed by atoms with E-state index in [-0.39, 0.29) is 22.7 Å². The molecular weight excluding hydrogens is 278 g/mol. The first kappa shape index (κ1) is 14.3. The van der Waals surface area contributed by atoms with Crippen molar-refractivity contribution in [1.29, 1.82) is 0 Å². The van der Waals surface area contributed by atoms with E-state index in [1.165, 1.54) is 25.2 Å². The minimum Gasteiger partial charge on any atom is -0.288 e. The SMILES string of the molecule is Cc1c([N+](=O)[O-])cc(N=C2C=CC=CC2=O)cc1[N+](=O)[O-]. The molecule has 2 rings (SSSR count). The van der Waals surface area contributed by atoms with E-state index >= 15 is 0 Å². The van der Waals surface area contributed by atoms with Gasteiger partial charge in [0.1, 0.15) is 11.3 Å². The van der Waals surface area contributed by atoms with Crippen molar-refractivity contribution in [3.63, 3.8) is 0 Å². The molecule has 0 aromatic heterocycles. The maximum Gasteiger partial charge on any atom is 0.281 e. The van der Waals surface area contributed by atoms with Crippen molar-refractivity contribution in [1.82, 2.24) is 0 Å². The normalized spacial score (nSPS) is 15.5. The van der Waals surface area contributed by atoms with Crippen molar-refractivity contribution in [2.45, 2.75) is 6.92 Å². The summed E-state index contributed by atoms with van der Waals surface area (Å²) in [5.41, 5.74) is -0.829. The molecule has 0 saturated carbocycles. The van der Waals surface area contributed by atoms with Crippen molar-refractivity contribution < 1.29 is 14.6 Å². The van der Waals surface area contributed by atoms with Crippen LogP contribution in [0.15, 0.2) is 41.4 Å². The molecule has 0 N–H and O–H groups in total. The van der Waals surface area contributed by atoms with Crippen LogP contribution in [0, 0.1) is 27.2 Å². The Bertz CT molecular complexity index is 711. The summed E-state index contributed by atoms with van der Waals surface area (Å²) in [6.45, 7) is 1.29. The number of hydrogen-bond donors (Lipinski definition) is 0. The second-order valence-electron chi connectivity index (χ2n) is 4.20. The van der Waals surface area contributed by atoms with Crippen LogP contribution in [0.5, 0.6) is 0 Å². The van der Waals surface area contributed by atoms with Gasteiger partial charge in [0.05, 0.1) is 15.5 Å². The lowest BCUT2D eigenvalue weighted by atomic mass is 10.1. The minimum absolute atomic E-state index is 0.0118. The zero-order valence-electron chi connectivity index (χ0n) is 10.8. The predicted octanol–water partition coefficient (Wildman–Crippen LogP) is 2.58. The van der Waals surface area contributed by atoms with Crippen LogP contribution >= 0.6 is 0 Å². The highest BCUT2D eigenvalue weighted by molar-refractivity contribution is 6.49. The molecule has 21 heavy (non-hydrogen) atoms. The fourth-order valence-electron chi connectivity index (χ4n) is 1.80. The maximum absolute atomic E-state index is 11.6. The topological polar surface area (TPSA) is 116 Å². The maximum atomic E-state index is 11.6. The van der Waals surface area contributed by atoms with Gasteiger partial charge in [0.15, 0.2) is 0 Å². The number of nitro groups is 2. The van der Waals surface area contributed by atoms with Gasteiger partial charge >= 0.3 is 0 Å². The largest absolute Gasteiger partial charge is 0.288 e. The number of hydrogen-bond acceptors (Lipinski definition) is 6. The van der Waals surface area contributed by atoms with Crippen molar-refractivity contribution in [2.24, 2.45) is 4.99 Å². The summed E-state index contributed by atoms with van der Waals surface area (Å²) in [5, 5.41) is 21.9. The first-order valence-corrected chi connectivity index (χ1v) is 5.81. The molecule has 0 heterocycles. The van der Waals surface area contributed by atoms with Crippen LogP contribution in [-0.4, -0.2) is 21.3 Å². The van der Waals surface area contributed by atoms with Crippen LogP contribution in [0.3, 0.4) is 0 Å². The number of carbonyl (C=O) groups is 1. The number of nitro benzene ring substituents is 2. The van der Waals surface area contributed by atoms with Gasteiger partial charge in [0, 0.05) is 12.1 Å². The molecule has 1 aromatic carbocycles. The molecule has 1 aromatic rings. The highest BCUT2D eigenvalue weighted by Crippen LogP contribution is 2.33. The number of benzene rings is 1. The Labute approximate surface area is 118 Å². The molecule has 106 valence electrons. The minimum atomic E-state index is -0.718. The summed E-state index contributed by atoms with van der Waals surface area (Å²) in [7, 11) is 0. The van der Waals surface area contributed by atoms with Crippen LogP contribution in [0.1, 0.15) is 5.56 Å². The molecule has 0 bridgehead atoms. The van der Waals surface area contributed by atoms with Crippen LogP contribution in [0.4, 0.5) is 17.1 Å². The lowest BCUT2D eigenvalue weighted by Crippen LogP contribution is -2.10. The molecule has 0 aliphatic heterocycles. The Morgan fingerprint density at radius 1 is 1.00 bits per heavy atom. The molecule has 8 heteroatoms. The van der Waals surface area contributed by atoms with E-state index in [9.17, 15) is 25.0 Å². The molecule has 0 amide bonds. The van der Waals surface area contributed by atoms with E-state index in [1.807, 2.05) is 0 Å². The third-order valence-corrected chi connectivity index (χ3v) is 2.85. The third-order valence-electron chi connectivity index (χ3n) is 2.85. The molecule has 0 saturated heterocycles. The molecule has 1 aliphatic rings. The predicted molar refractivity (Wildman–Crippen MR) is 74.9 cm³/mol. The zero-order valence-corrected chi connectivity index (χ0v) is 10.8. The van der Waals surface area contributed by atoms with Crippen LogP contribution in [-0.2, 0) is 4.79 Å². The number of allylic oxidation sites excluding steroid dienone is 4. The van der Waals surface area contributed by atoms with Crippen LogP contribution < -0.4 is 0 Å². The van der Waals surface area contributed by atoms with Gasteiger partial charge < -0.3 is 0 Å². The second-order valence-corrected chi connectivity index (χ2v) is 4.20. The summed E-state index contributed by atoms with van der Waals surface area (Å²) in [6.07, 6.45) is 5.83. The molecule has 0 atom stereocenters. The first-order chi connectivity index (χ1) is 9.90.